The Bertz CT molecular complexity index is 560. The Kier molecular flexibility index (Phi) is 2.84. The Hall–Kier alpha value is -0.860. The van der Waals surface area contributed by atoms with Crippen molar-refractivity contribution in [3.05, 3.63) is 35.5 Å². The fourth-order valence-corrected chi connectivity index (χ4v) is 5.60. The highest BCUT2D eigenvalue weighted by molar-refractivity contribution is 5.43. The Morgan fingerprint density at radius 1 is 1.14 bits per heavy atom. The van der Waals surface area contributed by atoms with E-state index in [9.17, 15) is 5.11 Å². The molecule has 4 aliphatic carbocycles. The third-order valence-electron chi connectivity index (χ3n) is 7.10. The summed E-state index contributed by atoms with van der Waals surface area (Å²) in [4.78, 5) is 0. The predicted octanol–water partition coefficient (Wildman–Crippen LogP) is 3.33. The van der Waals surface area contributed by atoms with Crippen molar-refractivity contribution < 1.29 is 5.11 Å². The summed E-state index contributed by atoms with van der Waals surface area (Å²) in [6.45, 7) is 4.70. The van der Waals surface area contributed by atoms with Crippen molar-refractivity contribution in [2.75, 3.05) is 0 Å². The van der Waals surface area contributed by atoms with Crippen molar-refractivity contribution in [3.63, 3.8) is 0 Å². The Morgan fingerprint density at radius 2 is 1.95 bits per heavy atom. The molecule has 0 aromatic heterocycles. The molecule has 2 nitrogen and oxygen atoms in total. The summed E-state index contributed by atoms with van der Waals surface area (Å²) in [5.74, 6) is 1.19. The van der Waals surface area contributed by atoms with Crippen LogP contribution in [0.15, 0.2) is 35.5 Å². The molecular weight excluding hydrogens is 258 g/mol. The van der Waals surface area contributed by atoms with Crippen LogP contribution in [0.3, 0.4) is 0 Å². The first kappa shape index (κ1) is 13.8. The summed E-state index contributed by atoms with van der Waals surface area (Å²) >= 11 is 0. The number of hydrogen-bond donors (Lipinski definition) is 2. The van der Waals surface area contributed by atoms with Crippen molar-refractivity contribution in [1.82, 2.24) is 0 Å². The van der Waals surface area contributed by atoms with E-state index in [0.717, 1.165) is 25.7 Å². The number of allylic oxidation sites excluding steroid dienone is 4. The largest absolute Gasteiger partial charge is 0.393 e. The summed E-state index contributed by atoms with van der Waals surface area (Å²) in [6, 6.07) is 0.182. The number of aliphatic hydroxyl groups excluding tert-OH is 1. The van der Waals surface area contributed by atoms with Gasteiger partial charge in [0.25, 0.3) is 0 Å². The van der Waals surface area contributed by atoms with Gasteiger partial charge in [0.2, 0.25) is 0 Å². The molecule has 2 saturated carbocycles. The zero-order valence-electron chi connectivity index (χ0n) is 13.2. The molecule has 0 spiro atoms. The van der Waals surface area contributed by atoms with Crippen LogP contribution in [-0.2, 0) is 0 Å². The fourth-order valence-electron chi connectivity index (χ4n) is 5.60. The molecule has 114 valence electrons. The monoisotopic (exact) mass is 285 g/mol. The van der Waals surface area contributed by atoms with Gasteiger partial charge < -0.3 is 10.8 Å². The minimum Gasteiger partial charge on any atom is -0.393 e. The normalized spacial score (nSPS) is 51.6. The Balaban J connectivity index is 1.77. The molecule has 0 heterocycles. The second-order valence-corrected chi connectivity index (χ2v) is 8.11. The summed E-state index contributed by atoms with van der Waals surface area (Å²) < 4.78 is 0. The van der Waals surface area contributed by atoms with Crippen LogP contribution in [-0.4, -0.2) is 17.3 Å². The topological polar surface area (TPSA) is 46.2 Å². The molecule has 0 amide bonds. The molecule has 21 heavy (non-hydrogen) atoms. The van der Waals surface area contributed by atoms with E-state index in [4.69, 9.17) is 5.73 Å². The SMILES string of the molecule is C[C@]12CC[C@H]3C(=CC=C4C[C@@H](N)C=C[C@@]43C)[C@@H]1CC[C@@H]2O. The molecule has 4 aliphatic rings. The van der Waals surface area contributed by atoms with Gasteiger partial charge in [0.15, 0.2) is 0 Å². The summed E-state index contributed by atoms with van der Waals surface area (Å²) in [6.07, 6.45) is 14.7. The minimum absolute atomic E-state index is 0.110. The molecule has 0 aromatic rings. The Labute approximate surface area is 127 Å². The first-order chi connectivity index (χ1) is 9.95. The highest BCUT2D eigenvalue weighted by Gasteiger charge is 2.55. The molecule has 0 radical (unpaired) electrons. The van der Waals surface area contributed by atoms with Crippen LogP contribution in [0.1, 0.15) is 46.0 Å². The first-order valence-electron chi connectivity index (χ1n) is 8.49. The lowest BCUT2D eigenvalue weighted by atomic mass is 9.52. The van der Waals surface area contributed by atoms with E-state index in [1.54, 1.807) is 5.57 Å². The zero-order valence-corrected chi connectivity index (χ0v) is 13.2. The van der Waals surface area contributed by atoms with Gasteiger partial charge in [-0.3, -0.25) is 0 Å². The second-order valence-electron chi connectivity index (χ2n) is 8.11. The smallest absolute Gasteiger partial charge is 0.0599 e. The number of fused-ring (bicyclic) bond motifs is 5. The molecule has 0 bridgehead atoms. The highest BCUT2D eigenvalue weighted by atomic mass is 16.3. The third-order valence-corrected chi connectivity index (χ3v) is 7.10. The maximum Gasteiger partial charge on any atom is 0.0599 e. The van der Waals surface area contributed by atoms with Gasteiger partial charge >= 0.3 is 0 Å². The van der Waals surface area contributed by atoms with E-state index < -0.39 is 0 Å². The van der Waals surface area contributed by atoms with E-state index in [-0.39, 0.29) is 23.0 Å². The van der Waals surface area contributed by atoms with Gasteiger partial charge in [-0.1, -0.05) is 49.3 Å². The van der Waals surface area contributed by atoms with Crippen molar-refractivity contribution >= 4 is 0 Å². The van der Waals surface area contributed by atoms with E-state index in [2.05, 4.69) is 38.2 Å². The average molecular weight is 285 g/mol. The minimum atomic E-state index is -0.113. The van der Waals surface area contributed by atoms with Gasteiger partial charge in [0, 0.05) is 16.9 Å². The Morgan fingerprint density at radius 3 is 2.76 bits per heavy atom. The maximum absolute atomic E-state index is 10.4. The van der Waals surface area contributed by atoms with Gasteiger partial charge in [0.1, 0.15) is 0 Å². The summed E-state index contributed by atoms with van der Waals surface area (Å²) in [5, 5.41) is 10.4. The molecule has 3 N–H and O–H groups in total. The molecule has 0 aromatic carbocycles. The summed E-state index contributed by atoms with van der Waals surface area (Å²) in [7, 11) is 0. The lowest BCUT2D eigenvalue weighted by Gasteiger charge is -2.52. The highest BCUT2D eigenvalue weighted by Crippen LogP contribution is 2.62. The number of rotatable bonds is 0. The third kappa shape index (κ3) is 1.72. The van der Waals surface area contributed by atoms with Crippen LogP contribution in [0, 0.1) is 22.7 Å². The lowest BCUT2D eigenvalue weighted by molar-refractivity contribution is 0.0133. The van der Waals surface area contributed by atoms with Crippen molar-refractivity contribution in [2.24, 2.45) is 28.4 Å². The maximum atomic E-state index is 10.4. The number of aliphatic hydroxyl groups is 1. The van der Waals surface area contributed by atoms with Gasteiger partial charge in [0.05, 0.1) is 6.10 Å². The van der Waals surface area contributed by atoms with E-state index >= 15 is 0 Å². The van der Waals surface area contributed by atoms with Gasteiger partial charge in [-0.2, -0.15) is 0 Å². The quantitative estimate of drug-likeness (QED) is 0.671. The van der Waals surface area contributed by atoms with E-state index in [1.807, 2.05) is 0 Å². The van der Waals surface area contributed by atoms with E-state index in [1.165, 1.54) is 12.0 Å². The second kappa shape index (κ2) is 4.33. The standard InChI is InChI=1S/C19H27NO/c1-18-9-7-13(20)11-12(18)3-4-14-15-5-6-17(21)19(15,2)10-8-16(14)18/h3-4,7,9,13,15-17,21H,5-6,8,10-11,20H2,1-2H3/t13-,15-,16-,17-,18-,19-/m0/s1. The van der Waals surface area contributed by atoms with E-state index in [0.29, 0.717) is 11.8 Å². The van der Waals surface area contributed by atoms with Crippen LogP contribution in [0.2, 0.25) is 0 Å². The van der Waals surface area contributed by atoms with Crippen molar-refractivity contribution in [2.45, 2.75) is 58.1 Å². The van der Waals surface area contributed by atoms with Crippen LogP contribution >= 0.6 is 0 Å². The van der Waals surface area contributed by atoms with Gasteiger partial charge in [-0.25, -0.2) is 0 Å². The first-order valence-corrected chi connectivity index (χ1v) is 8.49. The van der Waals surface area contributed by atoms with Crippen LogP contribution in [0.4, 0.5) is 0 Å². The van der Waals surface area contributed by atoms with Gasteiger partial charge in [-0.05, 0) is 43.9 Å². The van der Waals surface area contributed by atoms with Gasteiger partial charge in [-0.15, -0.1) is 0 Å². The molecule has 4 rings (SSSR count). The number of nitrogens with two attached hydrogens (primary N) is 1. The van der Waals surface area contributed by atoms with Crippen LogP contribution < -0.4 is 5.73 Å². The average Bonchev–Trinajstić information content (AvgIpc) is 2.76. The van der Waals surface area contributed by atoms with Crippen molar-refractivity contribution in [3.8, 4) is 0 Å². The lowest BCUT2D eigenvalue weighted by Crippen LogP contribution is -2.46. The van der Waals surface area contributed by atoms with Crippen LogP contribution in [0.5, 0.6) is 0 Å². The molecule has 0 aliphatic heterocycles. The molecule has 0 unspecified atom stereocenters. The zero-order chi connectivity index (χ0) is 14.8. The summed E-state index contributed by atoms with van der Waals surface area (Å²) in [5.41, 5.74) is 9.49. The fraction of sp³-hybridized carbons (Fsp3) is 0.684. The molecule has 0 saturated heterocycles. The molecular formula is C19H27NO. The molecule has 2 heteroatoms. The molecule has 6 atom stereocenters. The van der Waals surface area contributed by atoms with Crippen LogP contribution in [0.25, 0.3) is 0 Å². The molecule has 2 fully saturated rings. The number of hydrogen-bond acceptors (Lipinski definition) is 2. The predicted molar refractivity (Wildman–Crippen MR) is 85.6 cm³/mol. The van der Waals surface area contributed by atoms with Crippen molar-refractivity contribution in [1.29, 1.82) is 0 Å².